The summed E-state index contributed by atoms with van der Waals surface area (Å²) in [5, 5.41) is 3.62. The topological polar surface area (TPSA) is 46.2 Å². The molecule has 3 nitrogen and oxygen atoms in total. The van der Waals surface area contributed by atoms with Gasteiger partial charge in [0.25, 0.3) is 0 Å². The van der Waals surface area contributed by atoms with Crippen LogP contribution >= 0.6 is 11.6 Å². The summed E-state index contributed by atoms with van der Waals surface area (Å²) in [5.74, 6) is 0.611. The number of amides is 1. The molecule has 1 amide bonds. The second-order valence-corrected chi connectivity index (χ2v) is 7.80. The Balaban J connectivity index is 2.47. The third-order valence-electron chi connectivity index (χ3n) is 4.95. The quantitative estimate of drug-likeness (QED) is 0.425. The van der Waals surface area contributed by atoms with E-state index in [1.165, 1.54) is 0 Å². The number of benzene rings is 1. The van der Waals surface area contributed by atoms with E-state index in [0.29, 0.717) is 17.2 Å². The Bertz CT molecular complexity index is 586. The molecule has 2 unspecified atom stereocenters. The van der Waals surface area contributed by atoms with Crippen molar-refractivity contribution in [3.63, 3.8) is 0 Å². The van der Waals surface area contributed by atoms with Crippen LogP contribution in [0.25, 0.3) is 0 Å². The first kappa shape index (κ1) is 22.7. The molecule has 0 aliphatic carbocycles. The summed E-state index contributed by atoms with van der Waals surface area (Å²) in [6, 6.07) is 5.76. The van der Waals surface area contributed by atoms with Crippen molar-refractivity contribution < 1.29 is 9.59 Å². The standard InChI is InChI=1S/C22H34ClNO2/c1-5-10-17(4)22(26)24-20-14-18(13-19(23)15-20)11-8-7-9-12-21(25)16(3)6-2/h13-17H,5-12H2,1-4H3,(H,24,26). The maximum Gasteiger partial charge on any atom is 0.227 e. The van der Waals surface area contributed by atoms with Crippen LogP contribution in [0.5, 0.6) is 0 Å². The molecule has 0 heterocycles. The molecule has 26 heavy (non-hydrogen) atoms. The zero-order chi connectivity index (χ0) is 19.5. The summed E-state index contributed by atoms with van der Waals surface area (Å²) in [5.41, 5.74) is 1.90. The van der Waals surface area contributed by atoms with Crippen LogP contribution in [0.15, 0.2) is 18.2 Å². The van der Waals surface area contributed by atoms with Gasteiger partial charge in [0.15, 0.2) is 0 Å². The molecule has 1 aromatic carbocycles. The van der Waals surface area contributed by atoms with E-state index in [1.54, 1.807) is 6.07 Å². The number of ketones is 1. The molecule has 2 atom stereocenters. The van der Waals surface area contributed by atoms with Gasteiger partial charge in [-0.3, -0.25) is 9.59 Å². The number of hydrogen-bond donors (Lipinski definition) is 1. The molecule has 0 fully saturated rings. The number of carbonyl (C=O) groups is 2. The van der Waals surface area contributed by atoms with Crippen LogP contribution < -0.4 is 5.32 Å². The van der Waals surface area contributed by atoms with Crippen molar-refractivity contribution >= 4 is 29.0 Å². The van der Waals surface area contributed by atoms with Crippen molar-refractivity contribution in [2.75, 3.05) is 5.32 Å². The van der Waals surface area contributed by atoms with Gasteiger partial charge >= 0.3 is 0 Å². The Hall–Kier alpha value is -1.35. The maximum absolute atomic E-state index is 12.2. The van der Waals surface area contributed by atoms with Crippen molar-refractivity contribution in [2.24, 2.45) is 11.8 Å². The number of anilines is 1. The molecule has 1 rings (SSSR count). The summed E-state index contributed by atoms with van der Waals surface area (Å²) in [7, 11) is 0. The lowest BCUT2D eigenvalue weighted by Crippen LogP contribution is -2.20. The molecule has 0 spiro atoms. The Labute approximate surface area is 163 Å². The first-order chi connectivity index (χ1) is 12.4. The van der Waals surface area contributed by atoms with Gasteiger partial charge in [-0.05, 0) is 55.9 Å². The van der Waals surface area contributed by atoms with Gasteiger partial charge in [0.2, 0.25) is 5.91 Å². The highest BCUT2D eigenvalue weighted by atomic mass is 35.5. The monoisotopic (exact) mass is 379 g/mol. The van der Waals surface area contributed by atoms with E-state index < -0.39 is 0 Å². The van der Waals surface area contributed by atoms with Crippen LogP contribution in [-0.4, -0.2) is 11.7 Å². The third-order valence-corrected chi connectivity index (χ3v) is 5.16. The summed E-state index contributed by atoms with van der Waals surface area (Å²) >= 11 is 6.21. The zero-order valence-corrected chi connectivity index (χ0v) is 17.5. The first-order valence-corrected chi connectivity index (χ1v) is 10.4. The molecule has 0 radical (unpaired) electrons. The fourth-order valence-corrected chi connectivity index (χ4v) is 3.23. The third kappa shape index (κ3) is 8.35. The molecule has 0 aliphatic rings. The zero-order valence-electron chi connectivity index (χ0n) is 16.7. The Morgan fingerprint density at radius 1 is 1.04 bits per heavy atom. The van der Waals surface area contributed by atoms with E-state index in [9.17, 15) is 9.59 Å². The van der Waals surface area contributed by atoms with Gasteiger partial charge in [-0.25, -0.2) is 0 Å². The number of hydrogen-bond acceptors (Lipinski definition) is 2. The van der Waals surface area contributed by atoms with E-state index in [2.05, 4.69) is 19.2 Å². The predicted octanol–water partition coefficient (Wildman–Crippen LogP) is 6.43. The smallest absolute Gasteiger partial charge is 0.227 e. The van der Waals surface area contributed by atoms with Crippen LogP contribution in [0, 0.1) is 11.8 Å². The van der Waals surface area contributed by atoms with Crippen molar-refractivity contribution in [2.45, 2.75) is 79.1 Å². The van der Waals surface area contributed by atoms with Crippen LogP contribution in [0.2, 0.25) is 5.02 Å². The van der Waals surface area contributed by atoms with E-state index in [1.807, 2.05) is 26.0 Å². The van der Waals surface area contributed by atoms with E-state index in [0.717, 1.165) is 56.2 Å². The minimum absolute atomic E-state index is 0.00507. The minimum atomic E-state index is 0.00507. The molecule has 4 heteroatoms. The fourth-order valence-electron chi connectivity index (χ4n) is 2.98. The van der Waals surface area contributed by atoms with E-state index in [-0.39, 0.29) is 17.7 Å². The first-order valence-electron chi connectivity index (χ1n) is 10.00. The van der Waals surface area contributed by atoms with E-state index in [4.69, 9.17) is 11.6 Å². The number of unbranched alkanes of at least 4 members (excludes halogenated alkanes) is 2. The summed E-state index contributed by atoms with van der Waals surface area (Å²) in [6.45, 7) is 8.09. The van der Waals surface area contributed by atoms with Crippen molar-refractivity contribution in [3.8, 4) is 0 Å². The van der Waals surface area contributed by atoms with Gasteiger partial charge in [0.05, 0.1) is 0 Å². The number of carbonyl (C=O) groups excluding carboxylic acids is 2. The molecule has 1 aromatic rings. The fraction of sp³-hybridized carbons (Fsp3) is 0.636. The Morgan fingerprint density at radius 3 is 2.42 bits per heavy atom. The summed E-state index contributed by atoms with van der Waals surface area (Å²) in [6.07, 6.45) is 7.39. The second kappa shape index (κ2) is 12.1. The minimum Gasteiger partial charge on any atom is -0.326 e. The predicted molar refractivity (Wildman–Crippen MR) is 111 cm³/mol. The molecule has 0 bridgehead atoms. The molecular formula is C22H34ClNO2. The van der Waals surface area contributed by atoms with Crippen LogP contribution in [-0.2, 0) is 16.0 Å². The molecule has 146 valence electrons. The van der Waals surface area contributed by atoms with Gasteiger partial charge in [-0.1, -0.05) is 52.1 Å². The highest BCUT2D eigenvalue weighted by Gasteiger charge is 2.13. The van der Waals surface area contributed by atoms with Gasteiger partial charge in [-0.2, -0.15) is 0 Å². The lowest BCUT2D eigenvalue weighted by atomic mass is 9.98. The number of rotatable bonds is 12. The molecule has 0 aromatic heterocycles. The average molecular weight is 380 g/mol. The van der Waals surface area contributed by atoms with Crippen LogP contribution in [0.4, 0.5) is 5.69 Å². The molecular weight excluding hydrogens is 346 g/mol. The molecule has 0 saturated carbocycles. The summed E-state index contributed by atoms with van der Waals surface area (Å²) < 4.78 is 0. The number of halogens is 1. The van der Waals surface area contributed by atoms with Crippen molar-refractivity contribution in [1.29, 1.82) is 0 Å². The van der Waals surface area contributed by atoms with Crippen molar-refractivity contribution in [3.05, 3.63) is 28.8 Å². The largest absolute Gasteiger partial charge is 0.326 e. The van der Waals surface area contributed by atoms with Gasteiger partial charge in [0, 0.05) is 29.0 Å². The van der Waals surface area contributed by atoms with Gasteiger partial charge in [0.1, 0.15) is 5.78 Å². The van der Waals surface area contributed by atoms with Gasteiger partial charge in [-0.15, -0.1) is 0 Å². The lowest BCUT2D eigenvalue weighted by Gasteiger charge is -2.13. The van der Waals surface area contributed by atoms with Crippen LogP contribution in [0.1, 0.15) is 78.2 Å². The molecule has 0 saturated heterocycles. The number of aryl methyl sites for hydroxylation is 1. The SMILES string of the molecule is CCCC(C)C(=O)Nc1cc(Cl)cc(CCCCCC(=O)C(C)CC)c1. The highest BCUT2D eigenvalue weighted by Crippen LogP contribution is 2.22. The summed E-state index contributed by atoms with van der Waals surface area (Å²) in [4.78, 5) is 24.0. The Morgan fingerprint density at radius 2 is 1.77 bits per heavy atom. The Kier molecular flexibility index (Phi) is 10.6. The highest BCUT2D eigenvalue weighted by molar-refractivity contribution is 6.31. The molecule has 0 aliphatic heterocycles. The number of Topliss-reactive ketones (excluding diaryl/α,β-unsaturated/α-hetero) is 1. The molecule has 1 N–H and O–H groups in total. The van der Waals surface area contributed by atoms with Crippen molar-refractivity contribution in [1.82, 2.24) is 0 Å². The number of nitrogens with one attached hydrogen (secondary N) is 1. The average Bonchev–Trinajstić information content (AvgIpc) is 2.60. The van der Waals surface area contributed by atoms with E-state index >= 15 is 0 Å². The maximum atomic E-state index is 12.2. The van der Waals surface area contributed by atoms with Gasteiger partial charge < -0.3 is 5.32 Å². The van der Waals surface area contributed by atoms with Crippen LogP contribution in [0.3, 0.4) is 0 Å². The lowest BCUT2D eigenvalue weighted by molar-refractivity contribution is -0.122. The normalized spacial score (nSPS) is 13.3. The second-order valence-electron chi connectivity index (χ2n) is 7.36.